The number of Topliss-reactive ketones (excluding diaryl/α,β-unsaturated/α-hetero) is 1. The quantitative estimate of drug-likeness (QED) is 0.213. The van der Waals surface area contributed by atoms with Gasteiger partial charge in [-0.3, -0.25) is 28.8 Å². The summed E-state index contributed by atoms with van der Waals surface area (Å²) in [5.41, 5.74) is 0. The summed E-state index contributed by atoms with van der Waals surface area (Å²) in [5.74, 6) is -3.93. The highest BCUT2D eigenvalue weighted by Gasteiger charge is 2.43. The predicted molar refractivity (Wildman–Crippen MR) is 133 cm³/mol. The van der Waals surface area contributed by atoms with Crippen LogP contribution in [-0.4, -0.2) is 73.3 Å². The molecular formula is C25H31BrO12. The zero-order valence-electron chi connectivity index (χ0n) is 21.7. The van der Waals surface area contributed by atoms with Crippen LogP contribution >= 0.6 is 15.9 Å². The van der Waals surface area contributed by atoms with E-state index in [4.69, 9.17) is 28.4 Å². The van der Waals surface area contributed by atoms with Crippen LogP contribution in [0.3, 0.4) is 0 Å². The van der Waals surface area contributed by atoms with Gasteiger partial charge in [0, 0.05) is 45.5 Å². The van der Waals surface area contributed by atoms with Crippen molar-refractivity contribution in [2.24, 2.45) is 0 Å². The van der Waals surface area contributed by atoms with Crippen molar-refractivity contribution >= 4 is 51.6 Å². The molecule has 0 amide bonds. The second kappa shape index (κ2) is 16.4. The Morgan fingerprint density at radius 3 is 1.63 bits per heavy atom. The Hall–Kier alpha value is -3.48. The summed E-state index contributed by atoms with van der Waals surface area (Å²) in [6.45, 7) is 4.55. The molecule has 38 heavy (non-hydrogen) atoms. The van der Waals surface area contributed by atoms with Crippen molar-refractivity contribution in [3.63, 3.8) is 0 Å². The molecule has 0 heterocycles. The molecule has 12 nitrogen and oxygen atoms in total. The van der Waals surface area contributed by atoms with E-state index in [0.29, 0.717) is 5.75 Å². The molecule has 0 saturated carbocycles. The Kier molecular flexibility index (Phi) is 14.0. The zero-order valence-corrected chi connectivity index (χ0v) is 23.3. The predicted octanol–water partition coefficient (Wildman–Crippen LogP) is 2.47. The van der Waals surface area contributed by atoms with Crippen molar-refractivity contribution in [2.75, 3.05) is 13.2 Å². The van der Waals surface area contributed by atoms with Crippen molar-refractivity contribution < 1.29 is 57.2 Å². The minimum atomic E-state index is -1.56. The SMILES string of the molecule is CC(=O)OC[C@H](OC(C)=O)[C@H](OC(C)=O)[C@@H](OC(C)=O)[C@@H](CCC(=O)COc1ccc(Br)cc1)OC(C)=O. The fraction of sp³-hybridized carbons (Fsp3) is 0.520. The van der Waals surface area contributed by atoms with E-state index in [1.165, 1.54) is 0 Å². The van der Waals surface area contributed by atoms with E-state index >= 15 is 0 Å². The molecule has 0 radical (unpaired) electrons. The van der Waals surface area contributed by atoms with Crippen molar-refractivity contribution in [3.05, 3.63) is 28.7 Å². The molecule has 0 spiro atoms. The summed E-state index contributed by atoms with van der Waals surface area (Å²) in [7, 11) is 0. The van der Waals surface area contributed by atoms with Gasteiger partial charge in [-0.25, -0.2) is 0 Å². The van der Waals surface area contributed by atoms with Crippen molar-refractivity contribution in [2.45, 2.75) is 71.9 Å². The molecule has 1 rings (SSSR count). The van der Waals surface area contributed by atoms with Crippen LogP contribution in [0.5, 0.6) is 5.75 Å². The van der Waals surface area contributed by atoms with E-state index in [2.05, 4.69) is 15.9 Å². The summed E-state index contributed by atoms with van der Waals surface area (Å²) in [4.78, 5) is 71.5. The van der Waals surface area contributed by atoms with Gasteiger partial charge >= 0.3 is 29.8 Å². The van der Waals surface area contributed by atoms with E-state index < -0.39 is 60.9 Å². The van der Waals surface area contributed by atoms with Gasteiger partial charge in [0.15, 0.2) is 24.1 Å². The highest BCUT2D eigenvalue weighted by atomic mass is 79.9. The standard InChI is InChI=1S/C25H31BrO12/c1-14(27)33-13-23(36-16(3)29)25(38-18(5)31)24(37-17(4)30)22(35-15(2)28)11-8-20(32)12-34-21-9-6-19(26)7-10-21/h6-7,9-10,22-25H,8,11-13H2,1-5H3/t22-,23+,24+,25+/m1/s1. The second-order valence-corrected chi connectivity index (χ2v) is 8.98. The molecule has 13 heteroatoms. The maximum Gasteiger partial charge on any atom is 0.303 e. The number of rotatable bonds is 15. The summed E-state index contributed by atoms with van der Waals surface area (Å²) >= 11 is 3.30. The molecule has 0 N–H and O–H groups in total. The zero-order chi connectivity index (χ0) is 28.8. The highest BCUT2D eigenvalue weighted by molar-refractivity contribution is 9.10. The van der Waals surface area contributed by atoms with Crippen LogP contribution < -0.4 is 4.74 Å². The van der Waals surface area contributed by atoms with Gasteiger partial charge in [-0.2, -0.15) is 0 Å². The average molecular weight is 603 g/mol. The maximum absolute atomic E-state index is 12.5. The number of carbonyl (C=O) groups is 6. The van der Waals surface area contributed by atoms with Gasteiger partial charge in [0.1, 0.15) is 25.1 Å². The molecule has 0 aliphatic heterocycles. The number of hydrogen-bond acceptors (Lipinski definition) is 12. The molecule has 1 aromatic rings. The summed E-state index contributed by atoms with van der Waals surface area (Å²) in [6, 6.07) is 6.81. The first kappa shape index (κ1) is 32.5. The number of benzene rings is 1. The molecule has 210 valence electrons. The number of carbonyl (C=O) groups excluding carboxylic acids is 6. The molecule has 0 aliphatic rings. The smallest absolute Gasteiger partial charge is 0.303 e. The van der Waals surface area contributed by atoms with Crippen molar-refractivity contribution in [1.82, 2.24) is 0 Å². The Morgan fingerprint density at radius 2 is 1.16 bits per heavy atom. The summed E-state index contributed by atoms with van der Waals surface area (Å²) in [5, 5.41) is 0. The average Bonchev–Trinajstić information content (AvgIpc) is 2.80. The van der Waals surface area contributed by atoms with Gasteiger partial charge < -0.3 is 28.4 Å². The molecule has 0 fully saturated rings. The number of halogens is 1. The fourth-order valence-corrected chi connectivity index (χ4v) is 3.54. The molecule has 1 aromatic carbocycles. The maximum atomic E-state index is 12.5. The molecule has 0 aromatic heterocycles. The minimum Gasteiger partial charge on any atom is -0.486 e. The van der Waals surface area contributed by atoms with Crippen LogP contribution in [0.15, 0.2) is 28.7 Å². The van der Waals surface area contributed by atoms with Crippen molar-refractivity contribution in [3.8, 4) is 5.75 Å². The van der Waals surface area contributed by atoms with E-state index in [1.54, 1.807) is 24.3 Å². The molecule has 4 atom stereocenters. The van der Waals surface area contributed by atoms with E-state index in [0.717, 1.165) is 39.1 Å². The van der Waals surface area contributed by atoms with Crippen LogP contribution in [0, 0.1) is 0 Å². The first-order valence-corrected chi connectivity index (χ1v) is 12.3. The van der Waals surface area contributed by atoms with Gasteiger partial charge in [0.25, 0.3) is 0 Å². The van der Waals surface area contributed by atoms with Crippen LogP contribution in [0.25, 0.3) is 0 Å². The van der Waals surface area contributed by atoms with Crippen LogP contribution in [-0.2, 0) is 52.5 Å². The van der Waals surface area contributed by atoms with Gasteiger partial charge in [-0.05, 0) is 30.7 Å². The van der Waals surface area contributed by atoms with Gasteiger partial charge in [0.2, 0.25) is 0 Å². The van der Waals surface area contributed by atoms with Gasteiger partial charge in [-0.15, -0.1) is 0 Å². The van der Waals surface area contributed by atoms with Crippen LogP contribution in [0.4, 0.5) is 0 Å². The lowest BCUT2D eigenvalue weighted by Crippen LogP contribution is -2.53. The summed E-state index contributed by atoms with van der Waals surface area (Å²) in [6.07, 6.45) is -6.18. The first-order chi connectivity index (χ1) is 17.8. The normalized spacial score (nSPS) is 13.6. The van der Waals surface area contributed by atoms with E-state index in [9.17, 15) is 28.8 Å². The minimum absolute atomic E-state index is 0.168. The molecule has 0 aliphatic carbocycles. The lowest BCUT2D eigenvalue weighted by molar-refractivity contribution is -0.203. The Morgan fingerprint density at radius 1 is 0.684 bits per heavy atom. The number of esters is 5. The lowest BCUT2D eigenvalue weighted by atomic mass is 9.97. The van der Waals surface area contributed by atoms with Gasteiger partial charge in [-0.1, -0.05) is 15.9 Å². The van der Waals surface area contributed by atoms with Crippen LogP contribution in [0.1, 0.15) is 47.5 Å². The number of hydrogen-bond donors (Lipinski definition) is 0. The fourth-order valence-electron chi connectivity index (χ4n) is 3.27. The largest absolute Gasteiger partial charge is 0.486 e. The first-order valence-electron chi connectivity index (χ1n) is 11.5. The lowest BCUT2D eigenvalue weighted by Gasteiger charge is -2.35. The van der Waals surface area contributed by atoms with E-state index in [1.807, 2.05) is 0 Å². The Labute approximate surface area is 228 Å². The third kappa shape index (κ3) is 13.2. The molecule has 0 unspecified atom stereocenters. The van der Waals surface area contributed by atoms with Crippen molar-refractivity contribution in [1.29, 1.82) is 0 Å². The topological polar surface area (TPSA) is 158 Å². The second-order valence-electron chi connectivity index (χ2n) is 8.07. The molecule has 0 saturated heterocycles. The monoisotopic (exact) mass is 602 g/mol. The Bertz CT molecular complexity index is 991. The van der Waals surface area contributed by atoms with Crippen LogP contribution in [0.2, 0.25) is 0 Å². The number of ketones is 1. The van der Waals surface area contributed by atoms with Gasteiger partial charge in [0.05, 0.1) is 0 Å². The third-order valence-corrected chi connectivity index (χ3v) is 5.20. The number of ether oxygens (including phenoxy) is 6. The Balaban J connectivity index is 3.20. The third-order valence-electron chi connectivity index (χ3n) is 4.67. The molecule has 0 bridgehead atoms. The molecular weight excluding hydrogens is 572 g/mol. The summed E-state index contributed by atoms with van der Waals surface area (Å²) < 4.78 is 32.4. The highest BCUT2D eigenvalue weighted by Crippen LogP contribution is 2.23. The van der Waals surface area contributed by atoms with E-state index in [-0.39, 0.29) is 25.2 Å².